The summed E-state index contributed by atoms with van der Waals surface area (Å²) in [6, 6.07) is -0.0272. The Morgan fingerprint density at radius 1 is 1.13 bits per heavy atom. The van der Waals surface area contributed by atoms with E-state index in [2.05, 4.69) is 46.0 Å². The lowest BCUT2D eigenvalue weighted by atomic mass is 10.1. The van der Waals surface area contributed by atoms with Gasteiger partial charge in [0.25, 0.3) is 5.91 Å². The summed E-state index contributed by atoms with van der Waals surface area (Å²) in [6.07, 6.45) is 0.475. The first-order valence-corrected chi connectivity index (χ1v) is 11.5. The van der Waals surface area contributed by atoms with Gasteiger partial charge >= 0.3 is 6.18 Å². The number of hydrogen-bond acceptors (Lipinski definition) is 10. The molecule has 0 aliphatic heterocycles. The zero-order valence-corrected chi connectivity index (χ0v) is 21.2. The molecule has 0 aliphatic carbocycles. The van der Waals surface area contributed by atoms with E-state index in [0.29, 0.717) is 5.82 Å². The summed E-state index contributed by atoms with van der Waals surface area (Å²) in [5.41, 5.74) is -0.846. The maximum absolute atomic E-state index is 13.3. The Hall–Kier alpha value is -4.89. The van der Waals surface area contributed by atoms with Crippen molar-refractivity contribution in [3.05, 3.63) is 59.7 Å². The van der Waals surface area contributed by atoms with Gasteiger partial charge in [-0.1, -0.05) is 5.16 Å². The van der Waals surface area contributed by atoms with Gasteiger partial charge in [0.05, 0.1) is 36.5 Å². The van der Waals surface area contributed by atoms with Gasteiger partial charge < -0.3 is 25.0 Å². The minimum absolute atomic E-state index is 0.00907. The number of imidazole rings is 1. The van der Waals surface area contributed by atoms with Crippen LogP contribution in [0.15, 0.2) is 35.5 Å². The van der Waals surface area contributed by atoms with Crippen molar-refractivity contribution in [3.8, 4) is 11.3 Å². The molecule has 0 bridgehead atoms. The number of halogens is 3. The molecule has 13 nitrogen and oxygen atoms in total. The van der Waals surface area contributed by atoms with Crippen LogP contribution in [0, 0.1) is 13.8 Å². The maximum atomic E-state index is 13.3. The van der Waals surface area contributed by atoms with E-state index in [0.717, 1.165) is 6.07 Å². The summed E-state index contributed by atoms with van der Waals surface area (Å²) in [5.74, 6) is -0.304. The van der Waals surface area contributed by atoms with Crippen molar-refractivity contribution in [1.29, 1.82) is 0 Å². The normalized spacial score (nSPS) is 12.2. The molecule has 3 N–H and O–H groups in total. The zero-order valence-electron chi connectivity index (χ0n) is 21.2. The number of carbonyl (C=O) groups excluding carboxylic acids is 2. The Bertz CT molecular complexity index is 1520. The van der Waals surface area contributed by atoms with Crippen LogP contribution >= 0.6 is 0 Å². The van der Waals surface area contributed by atoms with Gasteiger partial charge in [0.15, 0.2) is 23.2 Å². The summed E-state index contributed by atoms with van der Waals surface area (Å²) in [4.78, 5) is 46.2. The van der Waals surface area contributed by atoms with Crippen LogP contribution in [0.3, 0.4) is 0 Å². The first-order chi connectivity index (χ1) is 18.5. The van der Waals surface area contributed by atoms with Crippen LogP contribution in [0.5, 0.6) is 0 Å². The van der Waals surface area contributed by atoms with E-state index in [1.165, 1.54) is 43.3 Å². The molecular formula is C23H23F3N10O3. The second-order valence-electron chi connectivity index (χ2n) is 8.33. The number of rotatable bonds is 8. The van der Waals surface area contributed by atoms with Gasteiger partial charge in [0, 0.05) is 24.5 Å². The average Bonchev–Trinajstić information content (AvgIpc) is 3.52. The monoisotopic (exact) mass is 544 g/mol. The predicted octanol–water partition coefficient (Wildman–Crippen LogP) is 2.93. The Labute approximate surface area is 219 Å². The van der Waals surface area contributed by atoms with Crippen LogP contribution in [0.2, 0.25) is 0 Å². The van der Waals surface area contributed by atoms with Crippen molar-refractivity contribution in [1.82, 2.24) is 40.0 Å². The summed E-state index contributed by atoms with van der Waals surface area (Å²) in [7, 11) is 1.57. The fraction of sp³-hybridized carbons (Fsp3) is 0.304. The Kier molecular flexibility index (Phi) is 7.55. The third kappa shape index (κ3) is 6.00. The number of aryl methyl sites for hydroxylation is 2. The molecule has 0 aromatic carbocycles. The van der Waals surface area contributed by atoms with E-state index in [9.17, 15) is 22.8 Å². The topological polar surface area (TPSA) is 166 Å². The van der Waals surface area contributed by atoms with Gasteiger partial charge in [0.2, 0.25) is 11.8 Å². The third-order valence-electron chi connectivity index (χ3n) is 5.59. The van der Waals surface area contributed by atoms with Crippen LogP contribution in [-0.4, -0.2) is 53.5 Å². The summed E-state index contributed by atoms with van der Waals surface area (Å²) in [5, 5.41) is 11.7. The van der Waals surface area contributed by atoms with Crippen molar-refractivity contribution in [3.63, 3.8) is 0 Å². The molecule has 4 heterocycles. The summed E-state index contributed by atoms with van der Waals surface area (Å²) >= 11 is 0. The highest BCUT2D eigenvalue weighted by atomic mass is 19.4. The third-order valence-corrected chi connectivity index (χ3v) is 5.59. The van der Waals surface area contributed by atoms with Crippen LogP contribution in [0.25, 0.3) is 11.3 Å². The number of nitrogens with one attached hydrogen (secondary N) is 3. The molecule has 4 aromatic rings. The molecule has 2 amide bonds. The molecule has 0 saturated heterocycles. The van der Waals surface area contributed by atoms with Crippen molar-refractivity contribution in [2.75, 3.05) is 17.7 Å². The van der Waals surface area contributed by atoms with E-state index in [1.807, 2.05) is 0 Å². The summed E-state index contributed by atoms with van der Waals surface area (Å²) < 4.78 is 46.3. The molecule has 0 spiro atoms. The molecule has 204 valence electrons. The first kappa shape index (κ1) is 27.2. The predicted molar refractivity (Wildman–Crippen MR) is 130 cm³/mol. The van der Waals surface area contributed by atoms with Crippen molar-refractivity contribution in [2.45, 2.75) is 39.5 Å². The summed E-state index contributed by atoms with van der Waals surface area (Å²) in [6.45, 7) is 4.39. The lowest BCUT2D eigenvalue weighted by molar-refractivity contribution is -0.138. The molecular weight excluding hydrogens is 521 g/mol. The molecule has 0 fully saturated rings. The number of hydrogen-bond donors (Lipinski definition) is 3. The second kappa shape index (κ2) is 10.8. The number of pyridine rings is 1. The van der Waals surface area contributed by atoms with Crippen LogP contribution in [0.4, 0.5) is 24.8 Å². The van der Waals surface area contributed by atoms with Gasteiger partial charge in [-0.3, -0.25) is 19.6 Å². The Morgan fingerprint density at radius 2 is 1.90 bits per heavy atom. The van der Waals surface area contributed by atoms with E-state index < -0.39 is 29.6 Å². The average molecular weight is 544 g/mol. The fourth-order valence-corrected chi connectivity index (χ4v) is 3.60. The van der Waals surface area contributed by atoms with Gasteiger partial charge in [-0.15, -0.1) is 0 Å². The highest BCUT2D eigenvalue weighted by Crippen LogP contribution is 2.33. The Balaban J connectivity index is 1.52. The smallest absolute Gasteiger partial charge is 0.371 e. The van der Waals surface area contributed by atoms with Gasteiger partial charge in [-0.05, 0) is 26.8 Å². The van der Waals surface area contributed by atoms with E-state index in [4.69, 9.17) is 4.52 Å². The maximum Gasteiger partial charge on any atom is 0.418 e. The van der Waals surface area contributed by atoms with E-state index in [1.54, 1.807) is 14.0 Å². The van der Waals surface area contributed by atoms with Crippen molar-refractivity contribution in [2.24, 2.45) is 0 Å². The van der Waals surface area contributed by atoms with Crippen LogP contribution in [0.1, 0.15) is 46.4 Å². The zero-order chi connectivity index (χ0) is 28.3. The highest BCUT2D eigenvalue weighted by Gasteiger charge is 2.33. The minimum atomic E-state index is -4.59. The molecule has 4 aromatic heterocycles. The molecule has 0 saturated carbocycles. The second-order valence-corrected chi connectivity index (χ2v) is 8.33. The molecule has 0 radical (unpaired) electrons. The highest BCUT2D eigenvalue weighted by molar-refractivity contribution is 5.99. The van der Waals surface area contributed by atoms with Crippen LogP contribution < -0.4 is 16.0 Å². The molecule has 1 atom stereocenters. The van der Waals surface area contributed by atoms with Crippen molar-refractivity contribution < 1.29 is 27.3 Å². The van der Waals surface area contributed by atoms with Gasteiger partial charge in [-0.25, -0.2) is 9.97 Å². The lowest BCUT2D eigenvalue weighted by Crippen LogP contribution is -2.30. The van der Waals surface area contributed by atoms with E-state index in [-0.39, 0.29) is 46.7 Å². The number of carbonyl (C=O) groups is 2. The Morgan fingerprint density at radius 3 is 2.56 bits per heavy atom. The lowest BCUT2D eigenvalue weighted by Gasteiger charge is -2.17. The number of anilines is 2. The first-order valence-electron chi connectivity index (χ1n) is 11.5. The fourth-order valence-electron chi connectivity index (χ4n) is 3.60. The molecule has 39 heavy (non-hydrogen) atoms. The number of nitrogens with zero attached hydrogens (tertiary/aromatic N) is 7. The number of aromatic nitrogens is 7. The number of alkyl halides is 3. The van der Waals surface area contributed by atoms with E-state index >= 15 is 0 Å². The number of amides is 2. The quantitative estimate of drug-likeness (QED) is 0.300. The molecule has 0 unspecified atom stereocenters. The van der Waals surface area contributed by atoms with Gasteiger partial charge in [-0.2, -0.15) is 18.2 Å². The SMILES string of the molecule is CNc1ncn([C@@H](C)C(=O)Nc2cncc(-c3cnc(C)c(C(F)(F)F)c3)n2)c1C(=O)NCc1nc(C)no1. The van der Waals surface area contributed by atoms with Crippen molar-refractivity contribution >= 4 is 23.5 Å². The standard InChI is InChI=1S/C23H23F3N10O3/c1-11-15(23(24,25)26)5-14(6-29-11)16-7-28-8-17(33-16)34-21(37)12(2)36-10-31-20(27-4)19(36)22(38)30-9-18-32-13(3)35-39-18/h5-8,10,12,27H,9H2,1-4H3,(H,30,38)(H,33,34,37)/t12-/m0/s1. The van der Waals surface area contributed by atoms with Gasteiger partial charge in [0.1, 0.15) is 6.04 Å². The largest absolute Gasteiger partial charge is 0.418 e. The van der Waals surface area contributed by atoms with Crippen LogP contribution in [-0.2, 0) is 17.5 Å². The molecule has 16 heteroatoms. The molecule has 0 aliphatic rings. The minimum Gasteiger partial charge on any atom is -0.371 e. The molecule has 4 rings (SSSR count).